The number of nitriles is 1. The van der Waals surface area contributed by atoms with Gasteiger partial charge in [-0.15, -0.1) is 11.8 Å². The predicted octanol–water partition coefficient (Wildman–Crippen LogP) is 4.92. The van der Waals surface area contributed by atoms with Crippen molar-refractivity contribution in [1.29, 1.82) is 5.26 Å². The Balaban J connectivity index is 1.24. The highest BCUT2D eigenvalue weighted by Gasteiger charge is 2.62. The number of phenolic OH excluding ortho intramolecular Hbond substituents is 2. The van der Waals surface area contributed by atoms with E-state index < -0.39 is 40.9 Å². The van der Waals surface area contributed by atoms with Gasteiger partial charge in [0.2, 0.25) is 6.79 Å². The predicted molar refractivity (Wildman–Crippen MR) is 197 cm³/mol. The second-order valence-electron chi connectivity index (χ2n) is 15.4. The van der Waals surface area contributed by atoms with Gasteiger partial charge < -0.3 is 34.1 Å². The summed E-state index contributed by atoms with van der Waals surface area (Å²) in [7, 11) is 3.59. The molecule has 11 rings (SSSR count). The van der Waals surface area contributed by atoms with Crippen molar-refractivity contribution in [2.45, 2.75) is 80.7 Å². The van der Waals surface area contributed by atoms with Gasteiger partial charge in [-0.1, -0.05) is 24.3 Å². The molecule has 1 spiro atoms. The van der Waals surface area contributed by atoms with E-state index in [1.54, 1.807) is 18.9 Å². The summed E-state index contributed by atoms with van der Waals surface area (Å²) in [5, 5.41) is 39.7. The number of rotatable bonds is 1. The Labute approximate surface area is 310 Å². The molecule has 7 aliphatic heterocycles. The molecule has 2 fully saturated rings. The third kappa shape index (κ3) is 4.20. The number of phenols is 2. The summed E-state index contributed by atoms with van der Waals surface area (Å²) in [5.74, 6) is 1.45. The Morgan fingerprint density at radius 1 is 1.08 bits per heavy atom. The Morgan fingerprint density at radius 2 is 1.87 bits per heavy atom. The lowest BCUT2D eigenvalue weighted by molar-refractivity contribution is -0.158. The average molecular weight is 736 g/mol. The molecule has 4 bridgehead atoms. The second-order valence-corrected chi connectivity index (χ2v) is 16.6. The monoisotopic (exact) mass is 735 g/mol. The number of fused-ring (bicyclic) bond motifs is 11. The number of nitrogens with zero attached hydrogens (tertiary/aromatic N) is 3. The van der Waals surface area contributed by atoms with Crippen LogP contribution in [0.3, 0.4) is 0 Å². The number of ether oxygens (including phenoxy) is 4. The van der Waals surface area contributed by atoms with Gasteiger partial charge >= 0.3 is 5.97 Å². The van der Waals surface area contributed by atoms with Crippen molar-refractivity contribution in [2.24, 2.45) is 0 Å². The first-order chi connectivity index (χ1) is 25.6. The number of thioether (sulfide) groups is 1. The molecule has 1 aromatic heterocycles. The summed E-state index contributed by atoms with van der Waals surface area (Å²) in [5.41, 5.74) is 6.12. The summed E-state index contributed by atoms with van der Waals surface area (Å²) < 4.78 is 24.4. The molecule has 274 valence electrons. The van der Waals surface area contributed by atoms with Crippen LogP contribution in [0.5, 0.6) is 28.7 Å². The maximum Gasteiger partial charge on any atom is 0.333 e. The topological polar surface area (TPSA) is 153 Å². The highest BCUT2D eigenvalue weighted by molar-refractivity contribution is 7.99. The molecule has 2 unspecified atom stereocenters. The maximum atomic E-state index is 14.8. The van der Waals surface area contributed by atoms with Crippen LogP contribution in [0, 0.1) is 25.2 Å². The molecular weight excluding hydrogens is 695 g/mol. The highest BCUT2D eigenvalue weighted by Crippen LogP contribution is 2.64. The van der Waals surface area contributed by atoms with Crippen LogP contribution in [0.15, 0.2) is 30.3 Å². The molecule has 4 N–H and O–H groups in total. The fourth-order valence-corrected chi connectivity index (χ4v) is 12.3. The summed E-state index contributed by atoms with van der Waals surface area (Å²) in [6, 6.07) is 10.4. The van der Waals surface area contributed by atoms with Crippen LogP contribution in [-0.2, 0) is 27.9 Å². The van der Waals surface area contributed by atoms with Gasteiger partial charge in [-0.2, -0.15) is 5.26 Å². The van der Waals surface area contributed by atoms with Gasteiger partial charge in [-0.3, -0.25) is 15.1 Å². The van der Waals surface area contributed by atoms with Crippen molar-refractivity contribution in [3.8, 4) is 34.8 Å². The summed E-state index contributed by atoms with van der Waals surface area (Å²) in [4.78, 5) is 22.9. The van der Waals surface area contributed by atoms with Gasteiger partial charge in [-0.25, -0.2) is 4.79 Å². The quantitative estimate of drug-likeness (QED) is 0.196. The number of para-hydroxylation sites is 1. The third-order valence-electron chi connectivity index (χ3n) is 12.8. The minimum Gasteiger partial charge on any atom is -0.507 e. The molecule has 0 radical (unpaired) electrons. The Bertz CT molecular complexity index is 2300. The van der Waals surface area contributed by atoms with Crippen LogP contribution < -0.4 is 19.5 Å². The number of hydrogen-bond acceptors (Lipinski definition) is 12. The molecule has 4 aromatic rings. The van der Waals surface area contributed by atoms with E-state index in [2.05, 4.69) is 45.2 Å². The number of carbonyl (C=O) groups excluding carboxylic acids is 1. The molecule has 3 aromatic carbocycles. The van der Waals surface area contributed by atoms with E-state index >= 15 is 0 Å². The van der Waals surface area contributed by atoms with Gasteiger partial charge in [0.1, 0.15) is 18.4 Å². The number of carbonyl (C=O) groups is 1. The molecule has 0 amide bonds. The summed E-state index contributed by atoms with van der Waals surface area (Å²) in [6.07, 6.45) is 1.27. The largest absolute Gasteiger partial charge is 0.507 e. The normalized spacial score (nSPS) is 31.3. The lowest BCUT2D eigenvalue weighted by Crippen LogP contribution is -2.69. The van der Waals surface area contributed by atoms with E-state index in [0.29, 0.717) is 40.4 Å². The molecule has 12 nitrogen and oxygen atoms in total. The summed E-state index contributed by atoms with van der Waals surface area (Å²) >= 11 is 1.56. The van der Waals surface area contributed by atoms with Crippen molar-refractivity contribution in [1.82, 2.24) is 20.1 Å². The molecule has 53 heavy (non-hydrogen) atoms. The minimum absolute atomic E-state index is 0.00997. The number of esters is 1. The van der Waals surface area contributed by atoms with Crippen LogP contribution in [0.2, 0.25) is 0 Å². The van der Waals surface area contributed by atoms with Gasteiger partial charge in [0.05, 0.1) is 36.2 Å². The number of benzene rings is 3. The number of aromatic amines is 1. The van der Waals surface area contributed by atoms with Gasteiger partial charge in [0, 0.05) is 57.0 Å². The number of piperazine rings is 1. The molecule has 0 aliphatic carbocycles. The van der Waals surface area contributed by atoms with Crippen LogP contribution in [0.4, 0.5) is 0 Å². The van der Waals surface area contributed by atoms with Crippen LogP contribution >= 0.6 is 11.8 Å². The minimum atomic E-state index is -1.23. The fourth-order valence-electron chi connectivity index (χ4n) is 10.6. The van der Waals surface area contributed by atoms with Crippen molar-refractivity contribution in [3.05, 3.63) is 75.0 Å². The Hall–Kier alpha value is -4.61. The molecular formula is C40H41N5O7S. The number of likely N-dealkylation sites (N-methyl/N-ethyl adjacent to an activating group) is 1. The van der Waals surface area contributed by atoms with E-state index in [-0.39, 0.29) is 42.7 Å². The lowest BCUT2D eigenvalue weighted by atomic mass is 9.71. The van der Waals surface area contributed by atoms with Crippen LogP contribution in [0.25, 0.3) is 10.9 Å². The van der Waals surface area contributed by atoms with Crippen molar-refractivity contribution >= 4 is 28.6 Å². The molecule has 7 aliphatic rings. The average Bonchev–Trinajstić information content (AvgIpc) is 3.78. The second kappa shape index (κ2) is 11.4. The zero-order chi connectivity index (χ0) is 36.7. The number of hydrogen-bond donors (Lipinski definition) is 4. The first kappa shape index (κ1) is 33.0. The molecule has 8 atom stereocenters. The van der Waals surface area contributed by atoms with Crippen LogP contribution in [0.1, 0.15) is 68.9 Å². The lowest BCUT2D eigenvalue weighted by Gasteiger charge is -2.62. The zero-order valence-corrected chi connectivity index (χ0v) is 31.0. The van der Waals surface area contributed by atoms with E-state index in [1.807, 2.05) is 39.1 Å². The first-order valence-corrected chi connectivity index (χ1v) is 19.2. The smallest absolute Gasteiger partial charge is 0.333 e. The number of H-pyrrole nitrogens is 1. The zero-order valence-electron chi connectivity index (χ0n) is 30.1. The van der Waals surface area contributed by atoms with Gasteiger partial charge in [0.25, 0.3) is 0 Å². The van der Waals surface area contributed by atoms with Gasteiger partial charge in [-0.05, 0) is 63.4 Å². The van der Waals surface area contributed by atoms with E-state index in [4.69, 9.17) is 18.9 Å². The first-order valence-electron chi connectivity index (χ1n) is 18.2. The standard InChI is InChI=1S/C40H41N5O7S/c1-17-10-20-12-24-25(13-41)45-26-14-50-39(48)40(38-22(11-18(2)43-40)21-8-6-7-9-23(21)42-38)15-53-37(29-28(26)36-35(51-16-52-36)19(3)32(29)46)31(45)30(44(24)4)27(20)33(47)34(17)49-5/h6-10,18,24-26,30-31,37,42-43,46-47H,11-12,14-16H2,1-5H3/t18?,24-,25-,26-,30-,31?,37+,40+/m0/s1. The molecule has 2 saturated heterocycles. The van der Waals surface area contributed by atoms with Crippen molar-refractivity contribution in [2.75, 3.05) is 33.3 Å². The highest BCUT2D eigenvalue weighted by atomic mass is 32.2. The van der Waals surface area contributed by atoms with E-state index in [0.717, 1.165) is 45.3 Å². The maximum absolute atomic E-state index is 14.8. The number of methoxy groups -OCH3 is 1. The van der Waals surface area contributed by atoms with Crippen molar-refractivity contribution < 1.29 is 34.0 Å². The fraction of sp³-hybridized carbons (Fsp3) is 0.450. The van der Waals surface area contributed by atoms with E-state index in [9.17, 15) is 20.3 Å². The van der Waals surface area contributed by atoms with Crippen molar-refractivity contribution in [3.63, 3.8) is 0 Å². The number of aryl methyl sites for hydroxylation is 1. The summed E-state index contributed by atoms with van der Waals surface area (Å²) in [6.45, 7) is 5.74. The van der Waals surface area contributed by atoms with Gasteiger partial charge in [0.15, 0.2) is 28.5 Å². The Morgan fingerprint density at radius 3 is 2.66 bits per heavy atom. The Kier molecular flexibility index (Phi) is 7.13. The number of nitrogens with one attached hydrogen (secondary N) is 2. The van der Waals surface area contributed by atoms with Crippen LogP contribution in [-0.4, -0.2) is 88.4 Å². The third-order valence-corrected chi connectivity index (χ3v) is 14.2. The number of aromatic hydroxyl groups is 2. The molecule has 0 saturated carbocycles. The number of aromatic nitrogens is 1. The SMILES string of the molecule is COc1c(C)cc2c(c1O)[C@H]1C3[C@@H]4SC[C@]5(NC(C)Cc6c5[nH]c5ccccc65)C(=O)OC[C@@H](c5c6c(c(C)c(O)c54)OCO6)N3[C@@H](C#N)[C@H](C2)N1C. The molecule has 13 heteroatoms. The molecule has 8 heterocycles. The van der Waals surface area contributed by atoms with E-state index in [1.165, 1.54) is 0 Å².